The standard InChI is InChI=1S/C25H33IO5/c1-24(2,3)21-11-10-18(25(21)14-22(28)31-23(25)29-4)12-20(27)13-19(26)16-30-15-17-8-6-5-7-9-17/h5-10,13,20-21,23,27H,11-12,14-16H2,1-4H3/b19-13-/t20?,21-,23-,25+/m0/s1. The van der Waals surface area contributed by atoms with E-state index < -0.39 is 17.8 Å². The van der Waals surface area contributed by atoms with E-state index >= 15 is 0 Å². The van der Waals surface area contributed by atoms with Crippen LogP contribution in [-0.2, 0) is 25.6 Å². The Morgan fingerprint density at radius 1 is 1.35 bits per heavy atom. The number of esters is 1. The molecule has 0 amide bonds. The zero-order valence-electron chi connectivity index (χ0n) is 18.8. The van der Waals surface area contributed by atoms with Crippen LogP contribution in [0.2, 0.25) is 0 Å². The summed E-state index contributed by atoms with van der Waals surface area (Å²) in [4.78, 5) is 12.3. The third kappa shape index (κ3) is 5.59. The second-order valence-corrected chi connectivity index (χ2v) is 10.9. The molecule has 4 atom stereocenters. The summed E-state index contributed by atoms with van der Waals surface area (Å²) in [6.45, 7) is 7.55. The number of rotatable bonds is 8. The van der Waals surface area contributed by atoms with E-state index in [2.05, 4.69) is 49.4 Å². The Balaban J connectivity index is 1.67. The van der Waals surface area contributed by atoms with Crippen LogP contribution in [0.15, 0.2) is 51.6 Å². The molecule has 0 radical (unpaired) electrons. The first-order valence-corrected chi connectivity index (χ1v) is 11.8. The van der Waals surface area contributed by atoms with Gasteiger partial charge in [-0.15, -0.1) is 0 Å². The number of carbonyl (C=O) groups is 1. The molecule has 1 N–H and O–H groups in total. The van der Waals surface area contributed by atoms with Crippen LogP contribution in [0.4, 0.5) is 0 Å². The average Bonchev–Trinajstić information content (AvgIpc) is 3.22. The zero-order valence-corrected chi connectivity index (χ0v) is 20.9. The maximum absolute atomic E-state index is 12.3. The summed E-state index contributed by atoms with van der Waals surface area (Å²) in [7, 11) is 1.59. The Morgan fingerprint density at radius 2 is 2.06 bits per heavy atom. The molecule has 31 heavy (non-hydrogen) atoms. The van der Waals surface area contributed by atoms with Crippen molar-refractivity contribution in [2.45, 2.75) is 59.0 Å². The van der Waals surface area contributed by atoms with Crippen molar-refractivity contribution in [2.24, 2.45) is 16.7 Å². The number of hydrogen-bond donors (Lipinski definition) is 1. The molecule has 0 saturated carbocycles. The second-order valence-electron chi connectivity index (χ2n) is 9.52. The van der Waals surface area contributed by atoms with Gasteiger partial charge in [-0.2, -0.15) is 0 Å². The number of cyclic esters (lactones) is 1. The van der Waals surface area contributed by atoms with Gasteiger partial charge in [-0.1, -0.05) is 62.8 Å². The lowest BCUT2D eigenvalue weighted by atomic mass is 9.61. The second kappa shape index (κ2) is 10.1. The molecule has 1 saturated heterocycles. The SMILES string of the molecule is CO[C@H]1OC(=O)C[C@]12C(CC(O)/C=C(\I)COCc1ccccc1)=CC[C@H]2C(C)(C)C. The van der Waals surface area contributed by atoms with Crippen LogP contribution in [0.3, 0.4) is 0 Å². The Labute approximate surface area is 199 Å². The lowest BCUT2D eigenvalue weighted by Gasteiger charge is -2.43. The lowest BCUT2D eigenvalue weighted by molar-refractivity contribution is -0.174. The van der Waals surface area contributed by atoms with Crippen LogP contribution < -0.4 is 0 Å². The number of methoxy groups -OCH3 is 1. The molecule has 1 aromatic carbocycles. The average molecular weight is 540 g/mol. The molecule has 1 spiro atoms. The number of halogens is 1. The normalized spacial score (nSPS) is 27.5. The van der Waals surface area contributed by atoms with Crippen LogP contribution >= 0.6 is 22.6 Å². The van der Waals surface area contributed by atoms with E-state index in [1.807, 2.05) is 36.4 Å². The summed E-state index contributed by atoms with van der Waals surface area (Å²) in [5.74, 6) is -0.0290. The van der Waals surface area contributed by atoms with E-state index in [-0.39, 0.29) is 17.3 Å². The van der Waals surface area contributed by atoms with Gasteiger partial charge in [0.05, 0.1) is 31.2 Å². The predicted molar refractivity (Wildman–Crippen MR) is 128 cm³/mol. The predicted octanol–water partition coefficient (Wildman–Crippen LogP) is 5.17. The summed E-state index contributed by atoms with van der Waals surface area (Å²) >= 11 is 2.21. The van der Waals surface area contributed by atoms with Crippen molar-refractivity contribution >= 4 is 28.6 Å². The number of aliphatic hydroxyl groups is 1. The Morgan fingerprint density at radius 3 is 2.71 bits per heavy atom. The summed E-state index contributed by atoms with van der Waals surface area (Å²) in [6, 6.07) is 10.0. The van der Waals surface area contributed by atoms with E-state index in [1.54, 1.807) is 7.11 Å². The van der Waals surface area contributed by atoms with Gasteiger partial charge >= 0.3 is 5.97 Å². The van der Waals surface area contributed by atoms with Gasteiger partial charge in [-0.3, -0.25) is 4.79 Å². The topological polar surface area (TPSA) is 65.0 Å². The number of benzene rings is 1. The third-order valence-electron chi connectivity index (χ3n) is 6.33. The summed E-state index contributed by atoms with van der Waals surface area (Å²) in [6.07, 6.45) is 4.35. The molecule has 1 heterocycles. The zero-order chi connectivity index (χ0) is 22.6. The highest BCUT2D eigenvalue weighted by atomic mass is 127. The first-order chi connectivity index (χ1) is 14.7. The molecule has 3 rings (SSSR count). The third-order valence-corrected chi connectivity index (χ3v) is 7.00. The fraction of sp³-hybridized carbons (Fsp3) is 0.560. The van der Waals surface area contributed by atoms with Gasteiger partial charge in [-0.05, 0) is 58.4 Å². The van der Waals surface area contributed by atoms with Crippen molar-refractivity contribution in [1.82, 2.24) is 0 Å². The van der Waals surface area contributed by atoms with Crippen molar-refractivity contribution in [3.63, 3.8) is 0 Å². The smallest absolute Gasteiger partial charge is 0.309 e. The number of allylic oxidation sites excluding steroid dienone is 1. The van der Waals surface area contributed by atoms with Gasteiger partial charge in [0.1, 0.15) is 0 Å². The van der Waals surface area contributed by atoms with Crippen molar-refractivity contribution in [3.8, 4) is 0 Å². The van der Waals surface area contributed by atoms with E-state index in [4.69, 9.17) is 14.2 Å². The largest absolute Gasteiger partial charge is 0.435 e. The molecule has 1 fully saturated rings. The van der Waals surface area contributed by atoms with Gasteiger partial charge in [-0.25, -0.2) is 0 Å². The van der Waals surface area contributed by atoms with Crippen LogP contribution in [0, 0.1) is 16.7 Å². The molecular formula is C25H33IO5. The van der Waals surface area contributed by atoms with Crippen LogP contribution in [0.25, 0.3) is 0 Å². The monoisotopic (exact) mass is 540 g/mol. The highest BCUT2D eigenvalue weighted by molar-refractivity contribution is 14.1. The highest BCUT2D eigenvalue weighted by Crippen LogP contribution is 2.60. The molecular weight excluding hydrogens is 507 g/mol. The molecule has 1 aliphatic heterocycles. The van der Waals surface area contributed by atoms with Crippen LogP contribution in [0.1, 0.15) is 45.6 Å². The number of ether oxygens (including phenoxy) is 3. The maximum Gasteiger partial charge on any atom is 0.309 e. The molecule has 1 unspecified atom stereocenters. The number of aliphatic hydroxyl groups excluding tert-OH is 1. The van der Waals surface area contributed by atoms with E-state index in [9.17, 15) is 9.90 Å². The quantitative estimate of drug-likeness (QED) is 0.280. The fourth-order valence-electron chi connectivity index (χ4n) is 5.06. The lowest BCUT2D eigenvalue weighted by Crippen LogP contribution is -2.44. The molecule has 2 aliphatic rings. The number of hydrogen-bond acceptors (Lipinski definition) is 5. The summed E-state index contributed by atoms with van der Waals surface area (Å²) in [5.41, 5.74) is 1.63. The Hall–Kier alpha value is -1.22. The minimum atomic E-state index is -0.665. The molecule has 1 aliphatic carbocycles. The van der Waals surface area contributed by atoms with E-state index in [0.717, 1.165) is 21.1 Å². The Bertz CT molecular complexity index is 826. The molecule has 6 heteroatoms. The van der Waals surface area contributed by atoms with E-state index in [1.165, 1.54) is 0 Å². The molecule has 5 nitrogen and oxygen atoms in total. The summed E-state index contributed by atoms with van der Waals surface area (Å²) < 4.78 is 17.9. The van der Waals surface area contributed by atoms with Gasteiger partial charge in [0.15, 0.2) is 0 Å². The first-order valence-electron chi connectivity index (χ1n) is 10.7. The van der Waals surface area contributed by atoms with Crippen molar-refractivity contribution in [3.05, 3.63) is 57.2 Å². The minimum absolute atomic E-state index is 0.0243. The molecule has 170 valence electrons. The van der Waals surface area contributed by atoms with Crippen molar-refractivity contribution < 1.29 is 24.1 Å². The van der Waals surface area contributed by atoms with E-state index in [0.29, 0.717) is 26.1 Å². The van der Waals surface area contributed by atoms with Gasteiger partial charge in [0, 0.05) is 10.7 Å². The van der Waals surface area contributed by atoms with Crippen molar-refractivity contribution in [1.29, 1.82) is 0 Å². The highest BCUT2D eigenvalue weighted by Gasteiger charge is 2.61. The van der Waals surface area contributed by atoms with Gasteiger partial charge in [0.2, 0.25) is 6.29 Å². The maximum atomic E-state index is 12.3. The van der Waals surface area contributed by atoms with Gasteiger partial charge < -0.3 is 19.3 Å². The Kier molecular flexibility index (Phi) is 8.00. The first kappa shape index (κ1) is 24.4. The summed E-state index contributed by atoms with van der Waals surface area (Å²) in [5, 5.41) is 10.8. The van der Waals surface area contributed by atoms with Crippen LogP contribution in [-0.4, -0.2) is 37.2 Å². The van der Waals surface area contributed by atoms with Gasteiger partial charge in [0.25, 0.3) is 0 Å². The molecule has 1 aromatic rings. The molecule has 0 aromatic heterocycles. The van der Waals surface area contributed by atoms with Crippen molar-refractivity contribution in [2.75, 3.05) is 13.7 Å². The fourth-order valence-corrected chi connectivity index (χ4v) is 5.70. The van der Waals surface area contributed by atoms with Crippen LogP contribution in [0.5, 0.6) is 0 Å². The minimum Gasteiger partial charge on any atom is -0.435 e. The molecule has 0 bridgehead atoms. The number of carbonyl (C=O) groups excluding carboxylic acids is 1.